The lowest BCUT2D eigenvalue weighted by atomic mass is 10.1. The van der Waals surface area contributed by atoms with Crippen molar-refractivity contribution in [3.8, 4) is 5.75 Å². The molecule has 0 saturated carbocycles. The number of primary amides is 1. The van der Waals surface area contributed by atoms with Gasteiger partial charge in [0.2, 0.25) is 0 Å². The molecule has 0 radical (unpaired) electrons. The predicted molar refractivity (Wildman–Crippen MR) is 94.7 cm³/mol. The molecule has 0 saturated heterocycles. The van der Waals surface area contributed by atoms with Gasteiger partial charge in [-0.3, -0.25) is 4.79 Å². The predicted octanol–water partition coefficient (Wildman–Crippen LogP) is 3.89. The first kappa shape index (κ1) is 16.5. The van der Waals surface area contributed by atoms with E-state index < -0.39 is 5.91 Å². The van der Waals surface area contributed by atoms with E-state index in [9.17, 15) is 4.79 Å². The molecule has 2 N–H and O–H groups in total. The van der Waals surface area contributed by atoms with Crippen LogP contribution in [0.15, 0.2) is 49.1 Å². The van der Waals surface area contributed by atoms with Gasteiger partial charge in [-0.05, 0) is 19.1 Å². The lowest BCUT2D eigenvalue weighted by Gasteiger charge is -2.16. The van der Waals surface area contributed by atoms with Gasteiger partial charge in [0.05, 0.1) is 12.9 Å². The number of amides is 1. The van der Waals surface area contributed by atoms with Crippen LogP contribution < -0.4 is 10.5 Å². The molecule has 1 unspecified atom stereocenters. The van der Waals surface area contributed by atoms with Crippen LogP contribution in [0.5, 0.6) is 5.75 Å². The quantitative estimate of drug-likeness (QED) is 0.724. The number of hydrogen-bond acceptors (Lipinski definition) is 4. The number of benzene rings is 1. The number of thiophene rings is 1. The van der Waals surface area contributed by atoms with Crippen LogP contribution in [0, 0.1) is 0 Å². The van der Waals surface area contributed by atoms with Gasteiger partial charge in [-0.25, -0.2) is 4.98 Å². The Morgan fingerprint density at radius 2 is 2.25 bits per heavy atom. The fraction of sp³-hybridized carbons (Fsp3) is 0.176. The smallest absolute Gasteiger partial charge is 0.262 e. The van der Waals surface area contributed by atoms with Crippen LogP contribution in [0.25, 0.3) is 0 Å². The number of ether oxygens (including phenoxy) is 1. The number of carbonyl (C=O) groups excluding carboxylic acids is 1. The van der Waals surface area contributed by atoms with Gasteiger partial charge < -0.3 is 15.0 Å². The van der Waals surface area contributed by atoms with E-state index >= 15 is 0 Å². The van der Waals surface area contributed by atoms with E-state index in [1.165, 1.54) is 11.3 Å². The van der Waals surface area contributed by atoms with E-state index in [1.54, 1.807) is 12.5 Å². The molecular formula is C17H16ClN3O2S. The van der Waals surface area contributed by atoms with Crippen molar-refractivity contribution >= 4 is 28.8 Å². The molecule has 24 heavy (non-hydrogen) atoms. The molecule has 0 aliphatic rings. The van der Waals surface area contributed by atoms with Gasteiger partial charge in [-0.1, -0.05) is 29.8 Å². The third kappa shape index (κ3) is 3.60. The summed E-state index contributed by atoms with van der Waals surface area (Å²) in [5.74, 6) is -0.0201. The first-order valence-corrected chi connectivity index (χ1v) is 8.53. The normalized spacial score (nSPS) is 12.1. The van der Waals surface area contributed by atoms with Gasteiger partial charge in [-0.15, -0.1) is 11.3 Å². The number of nitrogens with zero attached hydrogens (tertiary/aromatic N) is 2. The zero-order chi connectivity index (χ0) is 17.1. The first-order valence-electron chi connectivity index (χ1n) is 7.34. The highest BCUT2D eigenvalue weighted by atomic mass is 35.5. The molecule has 2 aromatic heterocycles. The van der Waals surface area contributed by atoms with Crippen LogP contribution in [0.1, 0.15) is 33.1 Å². The van der Waals surface area contributed by atoms with Crippen molar-refractivity contribution in [2.24, 2.45) is 5.73 Å². The van der Waals surface area contributed by atoms with Crippen LogP contribution in [0.4, 0.5) is 0 Å². The second-order valence-electron chi connectivity index (χ2n) is 5.29. The maximum absolute atomic E-state index is 11.7. The summed E-state index contributed by atoms with van der Waals surface area (Å²) in [5.41, 5.74) is 6.35. The van der Waals surface area contributed by atoms with Crippen molar-refractivity contribution in [3.63, 3.8) is 0 Å². The monoisotopic (exact) mass is 361 g/mol. The summed E-state index contributed by atoms with van der Waals surface area (Å²) < 4.78 is 7.89. The Bertz CT molecular complexity index is 845. The molecule has 1 amide bonds. The summed E-state index contributed by atoms with van der Waals surface area (Å²) >= 11 is 7.53. The van der Waals surface area contributed by atoms with Crippen molar-refractivity contribution in [2.45, 2.75) is 19.6 Å². The molecule has 1 atom stereocenters. The summed E-state index contributed by atoms with van der Waals surface area (Å²) in [6.45, 7) is 2.49. The molecule has 0 aliphatic carbocycles. The van der Waals surface area contributed by atoms with E-state index in [1.807, 2.05) is 48.0 Å². The number of rotatable bonds is 6. The minimum Gasteiger partial charge on any atom is -0.484 e. The number of hydrogen-bond donors (Lipinski definition) is 1. The number of nitrogens with two attached hydrogens (primary N) is 1. The van der Waals surface area contributed by atoms with E-state index in [2.05, 4.69) is 4.98 Å². The largest absolute Gasteiger partial charge is 0.484 e. The van der Waals surface area contributed by atoms with Crippen molar-refractivity contribution < 1.29 is 9.53 Å². The van der Waals surface area contributed by atoms with Gasteiger partial charge in [-0.2, -0.15) is 0 Å². The number of carbonyl (C=O) groups is 1. The molecule has 2 heterocycles. The van der Waals surface area contributed by atoms with Crippen molar-refractivity contribution in [1.29, 1.82) is 0 Å². The summed E-state index contributed by atoms with van der Waals surface area (Å²) in [6.07, 6.45) is 4.99. The van der Waals surface area contributed by atoms with Crippen LogP contribution >= 0.6 is 22.9 Å². The van der Waals surface area contributed by atoms with Crippen molar-refractivity contribution in [3.05, 3.63) is 69.4 Å². The molecule has 3 aromatic rings. The Morgan fingerprint density at radius 1 is 1.46 bits per heavy atom. The maximum atomic E-state index is 11.7. The average Bonchev–Trinajstić information content (AvgIpc) is 3.18. The molecule has 0 spiro atoms. The molecule has 1 aromatic carbocycles. The van der Waals surface area contributed by atoms with Crippen LogP contribution in [-0.4, -0.2) is 15.5 Å². The standard InChI is InChI=1S/C17H16ClN3O2S/c1-11(13-4-2-3-5-14(13)18)23-15-8-12(24-16(15)17(19)22)9-21-7-6-20-10-21/h2-8,10-11H,9H2,1H3,(H2,19,22). The molecular weight excluding hydrogens is 346 g/mol. The molecule has 3 rings (SSSR count). The van der Waals surface area contributed by atoms with Crippen molar-refractivity contribution in [2.75, 3.05) is 0 Å². The van der Waals surface area contributed by atoms with Gasteiger partial charge in [0, 0.05) is 27.9 Å². The van der Waals surface area contributed by atoms with Crippen LogP contribution in [0.2, 0.25) is 5.02 Å². The Hall–Kier alpha value is -2.31. The second kappa shape index (κ2) is 7.07. The maximum Gasteiger partial charge on any atom is 0.262 e. The highest BCUT2D eigenvalue weighted by Gasteiger charge is 2.19. The zero-order valence-electron chi connectivity index (χ0n) is 13.0. The van der Waals surface area contributed by atoms with E-state index in [-0.39, 0.29) is 6.10 Å². The lowest BCUT2D eigenvalue weighted by Crippen LogP contribution is -2.12. The molecule has 5 nitrogen and oxygen atoms in total. The SMILES string of the molecule is CC(Oc1cc(Cn2ccnc2)sc1C(N)=O)c1ccccc1Cl. The van der Waals surface area contributed by atoms with Crippen LogP contribution in [0.3, 0.4) is 0 Å². The van der Waals surface area contributed by atoms with Crippen LogP contribution in [-0.2, 0) is 6.54 Å². The minimum atomic E-state index is -0.502. The zero-order valence-corrected chi connectivity index (χ0v) is 14.6. The Kier molecular flexibility index (Phi) is 4.87. The topological polar surface area (TPSA) is 70.1 Å². The summed E-state index contributed by atoms with van der Waals surface area (Å²) in [4.78, 5) is 17.1. The Labute approximate surface area is 148 Å². The highest BCUT2D eigenvalue weighted by Crippen LogP contribution is 2.34. The molecule has 124 valence electrons. The molecule has 7 heteroatoms. The fourth-order valence-corrected chi connectivity index (χ4v) is 3.62. The third-order valence-corrected chi connectivity index (χ3v) is 4.98. The number of aromatic nitrogens is 2. The Balaban J connectivity index is 1.85. The minimum absolute atomic E-state index is 0.299. The van der Waals surface area contributed by atoms with Gasteiger partial charge in [0.15, 0.2) is 0 Å². The number of halogens is 1. The molecule has 0 bridgehead atoms. The average molecular weight is 362 g/mol. The fourth-order valence-electron chi connectivity index (χ4n) is 2.38. The highest BCUT2D eigenvalue weighted by molar-refractivity contribution is 7.14. The van der Waals surface area contributed by atoms with E-state index in [4.69, 9.17) is 22.1 Å². The Morgan fingerprint density at radius 3 is 2.92 bits per heavy atom. The second-order valence-corrected chi connectivity index (χ2v) is 6.83. The molecule has 0 fully saturated rings. The summed E-state index contributed by atoms with van der Waals surface area (Å²) in [6, 6.07) is 9.31. The first-order chi connectivity index (χ1) is 11.5. The van der Waals surface area contributed by atoms with Gasteiger partial charge >= 0.3 is 0 Å². The summed E-state index contributed by atoms with van der Waals surface area (Å²) in [5, 5.41) is 0.625. The number of imidazole rings is 1. The van der Waals surface area contributed by atoms with Gasteiger partial charge in [0.1, 0.15) is 16.7 Å². The third-order valence-electron chi connectivity index (χ3n) is 3.52. The lowest BCUT2D eigenvalue weighted by molar-refractivity contribution is 0.0998. The molecule has 0 aliphatic heterocycles. The van der Waals surface area contributed by atoms with Gasteiger partial charge in [0.25, 0.3) is 5.91 Å². The van der Waals surface area contributed by atoms with E-state index in [0.29, 0.717) is 22.2 Å². The van der Waals surface area contributed by atoms with E-state index in [0.717, 1.165) is 10.4 Å². The van der Waals surface area contributed by atoms with Crippen molar-refractivity contribution in [1.82, 2.24) is 9.55 Å². The summed E-state index contributed by atoms with van der Waals surface area (Å²) in [7, 11) is 0.